The topological polar surface area (TPSA) is 84.9 Å². The van der Waals surface area contributed by atoms with Crippen LogP contribution in [0.5, 0.6) is 11.5 Å². The van der Waals surface area contributed by atoms with E-state index in [0.717, 1.165) is 22.2 Å². The van der Waals surface area contributed by atoms with Gasteiger partial charge in [-0.1, -0.05) is 18.2 Å². The molecule has 1 heterocycles. The molecule has 33 heavy (non-hydrogen) atoms. The van der Waals surface area contributed by atoms with Crippen LogP contribution in [0.3, 0.4) is 0 Å². The van der Waals surface area contributed by atoms with Gasteiger partial charge in [-0.25, -0.2) is 4.39 Å². The smallest absolute Gasteiger partial charge is 0.293 e. The lowest BCUT2D eigenvalue weighted by molar-refractivity contribution is -0.124. The van der Waals surface area contributed by atoms with Gasteiger partial charge in [0.15, 0.2) is 11.5 Å². The van der Waals surface area contributed by atoms with Crippen molar-refractivity contribution in [3.05, 3.63) is 64.3 Å². The van der Waals surface area contributed by atoms with Crippen LogP contribution in [0.4, 0.5) is 9.18 Å². The van der Waals surface area contributed by atoms with Crippen molar-refractivity contribution in [1.29, 1.82) is 0 Å². The van der Waals surface area contributed by atoms with Gasteiger partial charge in [0, 0.05) is 19.5 Å². The summed E-state index contributed by atoms with van der Waals surface area (Å²) in [5.41, 5.74) is 1.56. The number of benzene rings is 2. The first-order chi connectivity index (χ1) is 15.9. The molecule has 1 fully saturated rings. The number of nitrogens with one attached hydrogen (secondary N) is 1. The first-order valence-electron chi connectivity index (χ1n) is 10.5. The number of amides is 3. The first-order valence-corrected chi connectivity index (χ1v) is 11.3. The highest BCUT2D eigenvalue weighted by atomic mass is 32.2. The Morgan fingerprint density at radius 2 is 1.91 bits per heavy atom. The van der Waals surface area contributed by atoms with Crippen LogP contribution in [0.2, 0.25) is 0 Å². The van der Waals surface area contributed by atoms with E-state index in [1.54, 1.807) is 36.4 Å². The predicted molar refractivity (Wildman–Crippen MR) is 125 cm³/mol. The minimum atomic E-state index is -0.404. The van der Waals surface area contributed by atoms with E-state index in [1.165, 1.54) is 19.2 Å². The Kier molecular flexibility index (Phi) is 8.48. The second-order valence-corrected chi connectivity index (χ2v) is 8.15. The van der Waals surface area contributed by atoms with E-state index in [9.17, 15) is 18.8 Å². The van der Waals surface area contributed by atoms with Crippen molar-refractivity contribution in [2.75, 3.05) is 26.8 Å². The van der Waals surface area contributed by atoms with Crippen molar-refractivity contribution in [2.24, 2.45) is 0 Å². The van der Waals surface area contributed by atoms with Gasteiger partial charge in [-0.05, 0) is 66.6 Å². The monoisotopic (exact) mass is 472 g/mol. The van der Waals surface area contributed by atoms with Gasteiger partial charge in [-0.2, -0.15) is 0 Å². The van der Waals surface area contributed by atoms with E-state index in [4.69, 9.17) is 9.47 Å². The zero-order chi connectivity index (χ0) is 23.8. The Morgan fingerprint density at radius 1 is 1.15 bits per heavy atom. The summed E-state index contributed by atoms with van der Waals surface area (Å²) in [6.45, 7) is 2.61. The maximum absolute atomic E-state index is 12.9. The van der Waals surface area contributed by atoms with Gasteiger partial charge in [0.2, 0.25) is 5.91 Å². The highest BCUT2D eigenvalue weighted by Gasteiger charge is 2.34. The van der Waals surface area contributed by atoms with Crippen molar-refractivity contribution >= 4 is 34.9 Å². The number of methoxy groups -OCH3 is 1. The van der Waals surface area contributed by atoms with Crippen LogP contribution in [-0.2, 0) is 16.0 Å². The van der Waals surface area contributed by atoms with Crippen LogP contribution in [0.1, 0.15) is 24.5 Å². The maximum Gasteiger partial charge on any atom is 0.293 e. The molecule has 3 rings (SSSR count). The number of carbonyl (C=O) groups is 3. The molecule has 174 valence electrons. The van der Waals surface area contributed by atoms with E-state index in [2.05, 4.69) is 5.32 Å². The Bertz CT molecular complexity index is 1060. The molecule has 9 heteroatoms. The van der Waals surface area contributed by atoms with Crippen LogP contribution in [-0.4, -0.2) is 48.8 Å². The number of rotatable bonds is 10. The number of carbonyl (C=O) groups excluding carboxylic acids is 3. The molecule has 0 spiro atoms. The number of thioether (sulfide) groups is 1. The second kappa shape index (κ2) is 11.5. The molecule has 0 aromatic heterocycles. The Labute approximate surface area is 195 Å². The number of halogens is 1. The van der Waals surface area contributed by atoms with Crippen LogP contribution >= 0.6 is 11.8 Å². The molecule has 2 aromatic carbocycles. The van der Waals surface area contributed by atoms with E-state index in [0.29, 0.717) is 35.0 Å². The van der Waals surface area contributed by atoms with Gasteiger partial charge >= 0.3 is 0 Å². The molecule has 0 unspecified atom stereocenters. The molecule has 1 aliphatic rings. The number of nitrogens with zero attached hydrogens (tertiary/aromatic N) is 1. The molecular weight excluding hydrogens is 447 g/mol. The standard InChI is InChI=1S/C24H25FN2O5S/c1-3-32-19-10-6-17(14-20(19)31-2)15-21-23(29)27(24(30)33-21)13-12-26-22(28)11-7-16-4-8-18(25)9-5-16/h4-6,8-10,14-15H,3,7,11-13H2,1-2H3,(H,26,28)/b21-15-. The molecule has 2 aromatic rings. The van der Waals surface area contributed by atoms with Gasteiger partial charge in [-0.3, -0.25) is 19.3 Å². The molecule has 0 bridgehead atoms. The summed E-state index contributed by atoms with van der Waals surface area (Å²) in [4.78, 5) is 38.4. The number of hydrogen-bond donors (Lipinski definition) is 1. The highest BCUT2D eigenvalue weighted by molar-refractivity contribution is 8.18. The molecule has 1 N–H and O–H groups in total. The Morgan fingerprint density at radius 3 is 2.61 bits per heavy atom. The summed E-state index contributed by atoms with van der Waals surface area (Å²) >= 11 is 0.855. The van der Waals surface area contributed by atoms with E-state index >= 15 is 0 Å². The first kappa shape index (κ1) is 24.3. The second-order valence-electron chi connectivity index (χ2n) is 7.15. The lowest BCUT2D eigenvalue weighted by atomic mass is 10.1. The van der Waals surface area contributed by atoms with Gasteiger partial charge in [0.05, 0.1) is 18.6 Å². The van der Waals surface area contributed by atoms with Crippen molar-refractivity contribution < 1.29 is 28.2 Å². The predicted octanol–water partition coefficient (Wildman–Crippen LogP) is 4.02. The number of aryl methyl sites for hydroxylation is 1. The fourth-order valence-electron chi connectivity index (χ4n) is 3.20. The minimum absolute atomic E-state index is 0.0803. The summed E-state index contributed by atoms with van der Waals surface area (Å²) in [6.07, 6.45) is 2.33. The quantitative estimate of drug-likeness (QED) is 0.526. The highest BCUT2D eigenvalue weighted by Crippen LogP contribution is 2.34. The van der Waals surface area contributed by atoms with Gasteiger partial charge in [-0.15, -0.1) is 0 Å². The molecular formula is C24H25FN2O5S. The van der Waals surface area contributed by atoms with Gasteiger partial charge < -0.3 is 14.8 Å². The van der Waals surface area contributed by atoms with Crippen molar-refractivity contribution in [3.63, 3.8) is 0 Å². The van der Waals surface area contributed by atoms with Gasteiger partial charge in [0.1, 0.15) is 5.82 Å². The van der Waals surface area contributed by atoms with Crippen LogP contribution in [0, 0.1) is 5.82 Å². The maximum atomic E-state index is 12.9. The lowest BCUT2D eigenvalue weighted by Gasteiger charge is -2.13. The molecule has 0 aliphatic carbocycles. The Balaban J connectivity index is 1.52. The van der Waals surface area contributed by atoms with Crippen LogP contribution < -0.4 is 14.8 Å². The lowest BCUT2D eigenvalue weighted by Crippen LogP contribution is -2.37. The molecule has 3 amide bonds. The fraction of sp³-hybridized carbons (Fsp3) is 0.292. The molecule has 1 saturated heterocycles. The van der Waals surface area contributed by atoms with Crippen molar-refractivity contribution in [2.45, 2.75) is 19.8 Å². The summed E-state index contributed by atoms with van der Waals surface area (Å²) in [7, 11) is 1.53. The molecule has 7 nitrogen and oxygen atoms in total. The molecule has 1 aliphatic heterocycles. The average molecular weight is 473 g/mol. The molecule has 0 radical (unpaired) electrons. The van der Waals surface area contributed by atoms with Crippen molar-refractivity contribution in [1.82, 2.24) is 10.2 Å². The van der Waals surface area contributed by atoms with Crippen LogP contribution in [0.25, 0.3) is 6.08 Å². The third-order valence-corrected chi connectivity index (χ3v) is 5.78. The van der Waals surface area contributed by atoms with E-state index in [1.807, 2.05) is 6.92 Å². The number of imide groups is 1. The Hall–Kier alpha value is -3.33. The summed E-state index contributed by atoms with van der Waals surface area (Å²) in [5, 5.41) is 2.33. The van der Waals surface area contributed by atoms with Crippen molar-refractivity contribution in [3.8, 4) is 11.5 Å². The fourth-order valence-corrected chi connectivity index (χ4v) is 4.06. The number of ether oxygens (including phenoxy) is 2. The summed E-state index contributed by atoms with van der Waals surface area (Å²) in [6, 6.07) is 11.2. The minimum Gasteiger partial charge on any atom is -0.493 e. The zero-order valence-electron chi connectivity index (χ0n) is 18.4. The summed E-state index contributed by atoms with van der Waals surface area (Å²) < 4.78 is 23.7. The van der Waals surface area contributed by atoms with E-state index < -0.39 is 5.91 Å². The summed E-state index contributed by atoms with van der Waals surface area (Å²) in [5.74, 6) is 0.200. The normalized spacial score (nSPS) is 14.6. The third kappa shape index (κ3) is 6.58. The SMILES string of the molecule is CCOc1ccc(/C=C2\SC(=O)N(CCNC(=O)CCc3ccc(F)cc3)C2=O)cc1OC. The van der Waals surface area contributed by atoms with E-state index in [-0.39, 0.29) is 36.5 Å². The molecule has 0 atom stereocenters. The van der Waals surface area contributed by atoms with Crippen LogP contribution in [0.15, 0.2) is 47.4 Å². The number of hydrogen-bond acceptors (Lipinski definition) is 6. The molecule has 0 saturated carbocycles. The largest absolute Gasteiger partial charge is 0.493 e. The average Bonchev–Trinajstić information content (AvgIpc) is 3.07. The zero-order valence-corrected chi connectivity index (χ0v) is 19.2. The third-order valence-electron chi connectivity index (χ3n) is 4.87. The van der Waals surface area contributed by atoms with Gasteiger partial charge in [0.25, 0.3) is 11.1 Å².